The summed E-state index contributed by atoms with van der Waals surface area (Å²) in [6.07, 6.45) is 0.639. The molecule has 2 aliphatic heterocycles. The van der Waals surface area contributed by atoms with Crippen LogP contribution >= 0.6 is 0 Å². The van der Waals surface area contributed by atoms with Gasteiger partial charge in [-0.2, -0.15) is 0 Å². The highest BCUT2D eigenvalue weighted by atomic mass is 19.4. The molecule has 1 aliphatic carbocycles. The van der Waals surface area contributed by atoms with E-state index in [0.29, 0.717) is 31.3 Å². The van der Waals surface area contributed by atoms with Crippen LogP contribution in [0.2, 0.25) is 0 Å². The van der Waals surface area contributed by atoms with Crippen molar-refractivity contribution in [3.8, 4) is 5.75 Å². The van der Waals surface area contributed by atoms with Gasteiger partial charge in [-0.25, -0.2) is 0 Å². The van der Waals surface area contributed by atoms with Gasteiger partial charge in [0.2, 0.25) is 5.91 Å². The molecule has 3 aliphatic rings. The molecule has 3 heterocycles. The minimum absolute atomic E-state index is 0.0435. The van der Waals surface area contributed by atoms with Crippen LogP contribution in [0.15, 0.2) is 36.5 Å². The van der Waals surface area contributed by atoms with E-state index < -0.39 is 6.36 Å². The maximum atomic E-state index is 13.0. The second kappa shape index (κ2) is 8.77. The van der Waals surface area contributed by atoms with Gasteiger partial charge in [0, 0.05) is 68.2 Å². The third kappa shape index (κ3) is 4.78. The number of H-pyrrole nitrogens is 1. The second-order valence-electron chi connectivity index (χ2n) is 9.15. The summed E-state index contributed by atoms with van der Waals surface area (Å²) in [6, 6.07) is 4.86. The molecule has 0 spiro atoms. The van der Waals surface area contributed by atoms with Gasteiger partial charge in [-0.15, -0.1) is 18.3 Å². The van der Waals surface area contributed by atoms with Crippen molar-refractivity contribution >= 4 is 11.7 Å². The van der Waals surface area contributed by atoms with Crippen LogP contribution in [0.1, 0.15) is 28.2 Å². The van der Waals surface area contributed by atoms with E-state index in [9.17, 15) is 22.8 Å². The Kier molecular flexibility index (Phi) is 5.78. The first-order chi connectivity index (χ1) is 16.2. The number of hydrogen-bond acceptors (Lipinski definition) is 6. The SMILES string of the molecule is O=C(/C=C/N1C[C@@H]2CN(C(=O)[C@@H]3CCc4[nH]nnc4C3)C[C@H]2C1)c1ccc(OC(F)(F)F)cc1. The van der Waals surface area contributed by atoms with Crippen molar-refractivity contribution in [1.82, 2.24) is 25.2 Å². The molecule has 34 heavy (non-hydrogen) atoms. The summed E-state index contributed by atoms with van der Waals surface area (Å²) >= 11 is 0. The first kappa shape index (κ1) is 22.4. The Hall–Kier alpha value is -3.37. The van der Waals surface area contributed by atoms with Crippen molar-refractivity contribution in [2.75, 3.05) is 26.2 Å². The van der Waals surface area contributed by atoms with Crippen LogP contribution < -0.4 is 4.74 Å². The number of hydrogen-bond donors (Lipinski definition) is 1. The number of halogens is 3. The van der Waals surface area contributed by atoms with Crippen molar-refractivity contribution < 1.29 is 27.5 Å². The second-order valence-corrected chi connectivity index (χ2v) is 9.15. The molecule has 11 heteroatoms. The van der Waals surface area contributed by atoms with Gasteiger partial charge in [0.25, 0.3) is 0 Å². The van der Waals surface area contributed by atoms with Crippen LogP contribution in [-0.2, 0) is 17.6 Å². The first-order valence-corrected chi connectivity index (χ1v) is 11.2. The molecule has 1 amide bonds. The zero-order valence-electron chi connectivity index (χ0n) is 18.3. The number of carbonyl (C=O) groups excluding carboxylic acids is 2. The molecule has 1 aromatic heterocycles. The highest BCUT2D eigenvalue weighted by Gasteiger charge is 2.42. The fourth-order valence-electron chi connectivity index (χ4n) is 5.18. The highest BCUT2D eigenvalue weighted by Crippen LogP contribution is 2.34. The van der Waals surface area contributed by atoms with Gasteiger partial charge in [-0.1, -0.05) is 5.21 Å². The van der Waals surface area contributed by atoms with E-state index in [1.807, 2.05) is 4.90 Å². The summed E-state index contributed by atoms with van der Waals surface area (Å²) in [7, 11) is 0. The number of carbonyl (C=O) groups is 2. The van der Waals surface area contributed by atoms with Gasteiger partial charge < -0.3 is 14.5 Å². The number of rotatable bonds is 5. The Labute approximate surface area is 193 Å². The number of likely N-dealkylation sites (tertiary alicyclic amines) is 2. The van der Waals surface area contributed by atoms with E-state index in [4.69, 9.17) is 0 Å². The monoisotopic (exact) mass is 475 g/mol. The molecule has 180 valence electrons. The largest absolute Gasteiger partial charge is 0.573 e. The number of ether oxygens (including phenoxy) is 1. The molecule has 8 nitrogen and oxygen atoms in total. The lowest BCUT2D eigenvalue weighted by Gasteiger charge is -2.27. The molecule has 2 saturated heterocycles. The van der Waals surface area contributed by atoms with Crippen molar-refractivity contribution in [2.45, 2.75) is 25.6 Å². The zero-order valence-corrected chi connectivity index (χ0v) is 18.3. The Morgan fingerprint density at radius 3 is 2.47 bits per heavy atom. The van der Waals surface area contributed by atoms with Crippen LogP contribution in [0.4, 0.5) is 13.2 Å². The summed E-state index contributed by atoms with van der Waals surface area (Å²) < 4.78 is 40.6. The van der Waals surface area contributed by atoms with Crippen LogP contribution in [-0.4, -0.2) is 69.4 Å². The molecule has 1 N–H and O–H groups in total. The molecular weight excluding hydrogens is 451 g/mol. The third-order valence-electron chi connectivity index (χ3n) is 6.87. The van der Waals surface area contributed by atoms with Crippen LogP contribution in [0.5, 0.6) is 5.75 Å². The van der Waals surface area contributed by atoms with Gasteiger partial charge in [-0.3, -0.25) is 14.7 Å². The highest BCUT2D eigenvalue weighted by molar-refractivity contribution is 6.04. The molecule has 2 fully saturated rings. The van der Waals surface area contributed by atoms with E-state index in [-0.39, 0.29) is 28.9 Å². The number of nitrogens with one attached hydrogen (secondary N) is 1. The summed E-state index contributed by atoms with van der Waals surface area (Å²) in [5.74, 6) is 0.199. The van der Waals surface area contributed by atoms with Gasteiger partial charge in [0.05, 0.1) is 11.4 Å². The normalized spacial score (nSPS) is 24.4. The quantitative estimate of drug-likeness (QED) is 0.528. The van der Waals surface area contributed by atoms with E-state index in [1.165, 1.54) is 18.2 Å². The Balaban J connectivity index is 1.11. The molecule has 0 radical (unpaired) electrons. The lowest BCUT2D eigenvalue weighted by Crippen LogP contribution is -2.38. The lowest BCUT2D eigenvalue weighted by molar-refractivity contribution is -0.274. The summed E-state index contributed by atoms with van der Waals surface area (Å²) in [5, 5.41) is 10.8. The number of allylic oxidation sites excluding steroid dienone is 1. The smallest absolute Gasteiger partial charge is 0.406 e. The van der Waals surface area contributed by atoms with Gasteiger partial charge in [-0.05, 0) is 37.1 Å². The van der Waals surface area contributed by atoms with Gasteiger partial charge in [0.15, 0.2) is 5.78 Å². The topological polar surface area (TPSA) is 91.4 Å². The molecule has 0 saturated carbocycles. The van der Waals surface area contributed by atoms with E-state index in [2.05, 4.69) is 25.0 Å². The average Bonchev–Trinajstić information content (AvgIpc) is 3.50. The number of aromatic amines is 1. The number of nitrogens with zero attached hydrogens (tertiary/aromatic N) is 4. The maximum absolute atomic E-state index is 13.0. The van der Waals surface area contributed by atoms with Crippen molar-refractivity contribution in [3.63, 3.8) is 0 Å². The van der Waals surface area contributed by atoms with Crippen molar-refractivity contribution in [1.29, 1.82) is 0 Å². The van der Waals surface area contributed by atoms with Crippen molar-refractivity contribution in [2.24, 2.45) is 17.8 Å². The molecule has 1 aromatic carbocycles. The molecule has 5 rings (SSSR count). The lowest BCUT2D eigenvalue weighted by atomic mass is 9.89. The maximum Gasteiger partial charge on any atom is 0.573 e. The summed E-state index contributed by atoms with van der Waals surface area (Å²) in [4.78, 5) is 29.5. The number of benzene rings is 1. The fourth-order valence-corrected chi connectivity index (χ4v) is 5.18. The Bertz CT molecular complexity index is 1080. The number of alkyl halides is 3. The number of aromatic nitrogens is 3. The van der Waals surface area contributed by atoms with Crippen LogP contribution in [0.3, 0.4) is 0 Å². The first-order valence-electron chi connectivity index (χ1n) is 11.2. The molecule has 0 unspecified atom stereocenters. The van der Waals surface area contributed by atoms with Crippen LogP contribution in [0.25, 0.3) is 0 Å². The number of fused-ring (bicyclic) bond motifs is 2. The predicted molar refractivity (Wildman–Crippen MR) is 114 cm³/mol. The number of aryl methyl sites for hydroxylation is 1. The minimum atomic E-state index is -4.77. The minimum Gasteiger partial charge on any atom is -0.406 e. The molecule has 2 aromatic rings. The van der Waals surface area contributed by atoms with Gasteiger partial charge >= 0.3 is 6.36 Å². The van der Waals surface area contributed by atoms with E-state index in [1.54, 1.807) is 6.20 Å². The van der Waals surface area contributed by atoms with Crippen LogP contribution in [0, 0.1) is 17.8 Å². The van der Waals surface area contributed by atoms with Gasteiger partial charge in [0.1, 0.15) is 5.75 Å². The third-order valence-corrected chi connectivity index (χ3v) is 6.87. The summed E-state index contributed by atoms with van der Waals surface area (Å²) in [5.41, 5.74) is 2.21. The number of ketones is 1. The summed E-state index contributed by atoms with van der Waals surface area (Å²) in [6.45, 7) is 2.94. The fraction of sp³-hybridized carbons (Fsp3) is 0.478. The Morgan fingerprint density at radius 1 is 1.09 bits per heavy atom. The Morgan fingerprint density at radius 2 is 1.79 bits per heavy atom. The standard InChI is InChI=1S/C23H24F3N5O3/c24-23(25,26)34-18-4-1-14(2-5-18)21(32)7-8-30-10-16-12-31(13-17(16)11-30)22(33)15-3-6-19-20(9-15)28-29-27-19/h1-2,4-5,7-8,15-17H,3,6,9-13H2,(H,27,28,29)/b8-7+/t15-,16-,17-/m1/s1. The molecular formula is C23H24F3N5O3. The van der Waals surface area contributed by atoms with E-state index >= 15 is 0 Å². The molecule has 0 bridgehead atoms. The van der Waals surface area contributed by atoms with E-state index in [0.717, 1.165) is 49.5 Å². The molecule has 3 atom stereocenters. The predicted octanol–water partition coefficient (Wildman–Crippen LogP) is 2.60. The van der Waals surface area contributed by atoms with Crippen molar-refractivity contribution in [3.05, 3.63) is 53.5 Å². The number of amides is 1. The zero-order chi connectivity index (χ0) is 23.9. The average molecular weight is 475 g/mol.